The zero-order chi connectivity index (χ0) is 0. The summed E-state index contributed by atoms with van der Waals surface area (Å²) in [4.78, 5) is 0. The Kier molecular flexibility index (Phi) is 1090. The van der Waals surface area contributed by atoms with E-state index in [1.165, 1.54) is 0 Å². The molecule has 0 spiro atoms. The summed E-state index contributed by atoms with van der Waals surface area (Å²) in [5, 5.41) is 0. The fourth-order valence-corrected chi connectivity index (χ4v) is 0. The summed E-state index contributed by atoms with van der Waals surface area (Å²) in [7, 11) is 0. The molecule has 7 heteroatoms. The zero-order valence-corrected chi connectivity index (χ0v) is 10.6. The van der Waals surface area contributed by atoms with Gasteiger partial charge in [-0.3, -0.25) is 0 Å². The average molecular weight is 366 g/mol. The molecule has 0 aromatic carbocycles. The Bertz CT molecular complexity index is 8.04. The summed E-state index contributed by atoms with van der Waals surface area (Å²) in [5.74, 6) is 0. The molecule has 0 nitrogen and oxygen atoms in total. The van der Waals surface area contributed by atoms with Gasteiger partial charge in [-0.25, -0.2) is 0 Å². The van der Waals surface area contributed by atoms with E-state index in [4.69, 9.17) is 0 Å². The molecule has 7 heavy (non-hydrogen) atoms. The molecule has 0 N–H and O–H groups in total. The van der Waals surface area contributed by atoms with Gasteiger partial charge in [0, 0.05) is 0 Å². The molecule has 0 fully saturated rings. The van der Waals surface area contributed by atoms with Crippen LogP contribution in [0.5, 0.6) is 0 Å². The van der Waals surface area contributed by atoms with Crippen molar-refractivity contribution in [2.75, 3.05) is 0 Å². The Hall–Kier alpha value is 2.61. The summed E-state index contributed by atoms with van der Waals surface area (Å²) in [6.45, 7) is 0. The van der Waals surface area contributed by atoms with Crippen LogP contribution < -0.4 is 74.9 Å². The van der Waals surface area contributed by atoms with Crippen LogP contribution in [0.25, 0.3) is 0 Å². The Morgan fingerprint density at radius 2 is 0.429 bits per heavy atom. The predicted molar refractivity (Wildman–Crippen MR) is 0 cm³/mol. The molecule has 0 aromatic rings. The van der Waals surface area contributed by atoms with Gasteiger partial charge < -0.3 is 23.5 Å². The van der Waals surface area contributed by atoms with E-state index in [1.807, 2.05) is 0 Å². The van der Waals surface area contributed by atoms with Gasteiger partial charge in [-0.15, -0.1) is 0 Å². The molecule has 0 amide bonds. The van der Waals surface area contributed by atoms with Gasteiger partial charge in [-0.05, 0) is 0 Å². The predicted octanol–water partition coefficient (Wildman–Crippen LogP) is -18.0. The number of rotatable bonds is 0. The molecule has 0 saturated carbocycles. The molecule has 0 aliphatic rings. The summed E-state index contributed by atoms with van der Waals surface area (Å²) in [6.07, 6.45) is 0. The summed E-state index contributed by atoms with van der Waals surface area (Å²) in [6, 6.07) is 0. The van der Waals surface area contributed by atoms with E-state index < -0.39 is 0 Å². The Balaban J connectivity index is 0. The van der Waals surface area contributed by atoms with Gasteiger partial charge in [0.25, 0.3) is 0 Å². The van der Waals surface area contributed by atoms with Crippen molar-refractivity contribution in [1.29, 1.82) is 0 Å². The molecule has 0 unspecified atom stereocenters. The molecule has 0 heterocycles. The third-order valence-corrected chi connectivity index (χ3v) is 0. The normalized spacial score (nSPS) is 0. The minimum atomic E-state index is 0. The molecule has 0 atom stereocenters. The van der Waals surface area contributed by atoms with Crippen molar-refractivity contribution in [3.8, 4) is 0 Å². The fourth-order valence-electron chi connectivity index (χ4n) is 0. The number of hydrogen-bond donors (Lipinski definition) is 0. The minimum absolute atomic E-state index is 0. The van der Waals surface area contributed by atoms with Crippen LogP contribution in [0.3, 0.4) is 0 Å². The van der Waals surface area contributed by atoms with Crippen molar-refractivity contribution in [1.82, 2.24) is 0 Å². The Morgan fingerprint density at radius 1 is 0.429 bits per heavy atom. The molecular formula is F5KTh. The molecule has 0 aliphatic heterocycles. The van der Waals surface area contributed by atoms with Crippen LogP contribution in [0.15, 0.2) is 0 Å². The Morgan fingerprint density at radius 3 is 0.429 bits per heavy atom. The minimum Gasteiger partial charge on any atom is -1.00 e. The summed E-state index contributed by atoms with van der Waals surface area (Å²) in [5.41, 5.74) is 0. The quantitative estimate of drug-likeness (QED) is 0.295. The van der Waals surface area contributed by atoms with Gasteiger partial charge in [0.15, 0.2) is 0 Å². The molecule has 0 bridgehead atoms. The van der Waals surface area contributed by atoms with E-state index in [2.05, 4.69) is 0 Å². The van der Waals surface area contributed by atoms with Crippen molar-refractivity contribution in [3.05, 3.63) is 0 Å². The van der Waals surface area contributed by atoms with E-state index in [9.17, 15) is 0 Å². The van der Waals surface area contributed by atoms with Crippen LogP contribution in [0.1, 0.15) is 0 Å². The maximum atomic E-state index is 0. The molecule has 0 aromatic heterocycles. The zero-order valence-electron chi connectivity index (χ0n) is 3.39. The first kappa shape index (κ1) is 105. The van der Waals surface area contributed by atoms with Gasteiger partial charge in [0.05, 0.1) is 0 Å². The fraction of sp³-hybridized carbons (Fsp3) is 0. The van der Waals surface area contributed by atoms with Gasteiger partial charge >= 0.3 is 91.3 Å². The van der Waals surface area contributed by atoms with Crippen LogP contribution in [-0.2, 0) is 0 Å². The summed E-state index contributed by atoms with van der Waals surface area (Å²) < 4.78 is 0. The number of hydrogen-bond acceptors (Lipinski definition) is 0. The maximum Gasteiger partial charge on any atom is 4.00 e. The SMILES string of the molecule is [F-].[F-].[F-].[F-].[F-].[K+].[Th+4]. The first-order valence-electron chi connectivity index (χ1n) is 0. The van der Waals surface area contributed by atoms with E-state index in [1.54, 1.807) is 0 Å². The second-order valence-electron chi connectivity index (χ2n) is 0. The maximum absolute atomic E-state index is 0. The average Bonchev–Trinajstić information content (AvgIpc) is 0. The van der Waals surface area contributed by atoms with Crippen LogP contribution in [0.2, 0.25) is 0 Å². The third-order valence-electron chi connectivity index (χ3n) is 0. The van der Waals surface area contributed by atoms with Gasteiger partial charge in [-0.2, -0.15) is 0 Å². The van der Waals surface area contributed by atoms with Gasteiger partial charge in [0.1, 0.15) is 0 Å². The molecular weight excluding hydrogens is 366 g/mol. The monoisotopic (exact) mass is 366 g/mol. The van der Waals surface area contributed by atoms with Crippen LogP contribution in [0.4, 0.5) is 0 Å². The van der Waals surface area contributed by atoms with Crippen molar-refractivity contribution in [2.45, 2.75) is 0 Å². The largest absolute Gasteiger partial charge is 4.00 e. The van der Waals surface area contributed by atoms with E-state index in [0.717, 1.165) is 0 Å². The van der Waals surface area contributed by atoms with Crippen LogP contribution in [-0.4, -0.2) is 0 Å². The smallest absolute Gasteiger partial charge is 1.00 e. The van der Waals surface area contributed by atoms with E-state index >= 15 is 0 Å². The first-order valence-corrected chi connectivity index (χ1v) is 0. The van der Waals surface area contributed by atoms with Crippen molar-refractivity contribution >= 4 is 0 Å². The molecule has 0 aliphatic carbocycles. The standard InChI is InChI=1S/5FH.K.Th/h5*1H;;/q;;;;;+1;+4/p-5. The van der Waals surface area contributed by atoms with Gasteiger partial charge in [0.2, 0.25) is 0 Å². The molecule has 0 saturated heterocycles. The second kappa shape index (κ2) is 73.2. The van der Waals surface area contributed by atoms with Crippen molar-refractivity contribution in [3.63, 3.8) is 0 Å². The first-order chi connectivity index (χ1) is 0. The van der Waals surface area contributed by atoms with E-state index in [0.29, 0.717) is 0 Å². The van der Waals surface area contributed by atoms with Crippen molar-refractivity contribution in [2.24, 2.45) is 0 Å². The molecule has 0 radical (unpaired) electrons. The molecule has 40 valence electrons. The number of halogens is 5. The van der Waals surface area contributed by atoms with Crippen LogP contribution in [0, 0.1) is 39.9 Å². The van der Waals surface area contributed by atoms with E-state index in [-0.39, 0.29) is 115 Å². The molecule has 0 rings (SSSR count). The third kappa shape index (κ3) is 55.2. The van der Waals surface area contributed by atoms with Gasteiger partial charge in [-0.1, -0.05) is 0 Å². The summed E-state index contributed by atoms with van der Waals surface area (Å²) >= 11 is 0. The topological polar surface area (TPSA) is 0 Å². The second-order valence-corrected chi connectivity index (χ2v) is 0. The van der Waals surface area contributed by atoms with Crippen LogP contribution >= 0.6 is 0 Å². The van der Waals surface area contributed by atoms with Crippen molar-refractivity contribution < 1.29 is 115 Å². The Labute approximate surface area is 112 Å².